The molecule has 3 N–H and O–H groups in total. The Labute approximate surface area is 154 Å². The third kappa shape index (κ3) is 2.46. The number of amides is 1. The maximum absolute atomic E-state index is 12.9. The lowest BCUT2D eigenvalue weighted by atomic mass is 9.71. The number of carboxylic acid groups (broad SMARTS) is 1. The predicted molar refractivity (Wildman–Crippen MR) is 96.3 cm³/mol. The van der Waals surface area contributed by atoms with Gasteiger partial charge in [-0.25, -0.2) is 0 Å². The first kappa shape index (κ1) is 17.1. The highest BCUT2D eigenvalue weighted by atomic mass is 16.4. The number of aliphatic hydroxyl groups is 1. The zero-order valence-corrected chi connectivity index (χ0v) is 14.4. The van der Waals surface area contributed by atoms with Gasteiger partial charge in [0.15, 0.2) is 0 Å². The van der Waals surface area contributed by atoms with E-state index >= 15 is 0 Å². The molecule has 0 unspecified atom stereocenters. The van der Waals surface area contributed by atoms with Crippen molar-refractivity contribution < 1.29 is 24.6 Å². The number of benzene rings is 1. The van der Waals surface area contributed by atoms with Crippen molar-refractivity contribution in [2.24, 2.45) is 0 Å². The fourth-order valence-corrected chi connectivity index (χ4v) is 3.91. The minimum Gasteiger partial charge on any atom is -0.509 e. The molecule has 2 aromatic rings. The Kier molecular flexibility index (Phi) is 3.87. The van der Waals surface area contributed by atoms with Crippen LogP contribution in [0.25, 0.3) is 11.3 Å². The van der Waals surface area contributed by atoms with Crippen molar-refractivity contribution in [2.75, 3.05) is 6.54 Å². The Morgan fingerprint density at radius 1 is 1.07 bits per heavy atom. The van der Waals surface area contributed by atoms with Gasteiger partial charge in [-0.2, -0.15) is 0 Å². The zero-order valence-electron chi connectivity index (χ0n) is 14.4. The Morgan fingerprint density at radius 2 is 1.74 bits per heavy atom. The van der Waals surface area contributed by atoms with Crippen LogP contribution in [0.15, 0.2) is 53.8 Å². The van der Waals surface area contributed by atoms with Crippen LogP contribution in [-0.2, 0) is 15.1 Å². The van der Waals surface area contributed by atoms with Crippen LogP contribution in [0.2, 0.25) is 0 Å². The Bertz CT molecular complexity index is 983. The van der Waals surface area contributed by atoms with Gasteiger partial charge in [-0.15, -0.1) is 0 Å². The van der Waals surface area contributed by atoms with Gasteiger partial charge in [0.1, 0.15) is 23.4 Å². The SMILES string of the molecule is O=C(O)CNC(=O)C1=C(O)C2(CCC2)n2c(ccc2-c2ccccc2)C1=O. The largest absolute Gasteiger partial charge is 0.509 e. The summed E-state index contributed by atoms with van der Waals surface area (Å²) in [5, 5.41) is 21.9. The van der Waals surface area contributed by atoms with Gasteiger partial charge in [0.05, 0.1) is 5.69 Å². The van der Waals surface area contributed by atoms with E-state index in [4.69, 9.17) is 5.11 Å². The third-order valence-electron chi connectivity index (χ3n) is 5.32. The first-order chi connectivity index (χ1) is 13.0. The second-order valence-electron chi connectivity index (χ2n) is 6.82. The number of carbonyl (C=O) groups is 3. The molecule has 0 bridgehead atoms. The summed E-state index contributed by atoms with van der Waals surface area (Å²) in [5.74, 6) is -2.96. The molecule has 1 spiro atoms. The number of fused-ring (bicyclic) bond motifs is 2. The second kappa shape index (κ2) is 6.12. The summed E-state index contributed by atoms with van der Waals surface area (Å²) in [6, 6.07) is 13.0. The van der Waals surface area contributed by atoms with Crippen molar-refractivity contribution in [2.45, 2.75) is 24.8 Å². The molecule has 2 aliphatic rings. The van der Waals surface area contributed by atoms with Gasteiger partial charge in [0, 0.05) is 5.69 Å². The molecule has 7 nitrogen and oxygen atoms in total. The molecule has 1 aromatic carbocycles. The molecule has 1 aliphatic heterocycles. The van der Waals surface area contributed by atoms with Gasteiger partial charge >= 0.3 is 5.97 Å². The maximum Gasteiger partial charge on any atom is 0.322 e. The number of nitrogens with zero attached hydrogens (tertiary/aromatic N) is 1. The van der Waals surface area contributed by atoms with Gasteiger partial charge in [-0.05, 0) is 37.0 Å². The van der Waals surface area contributed by atoms with E-state index in [1.807, 2.05) is 41.0 Å². The van der Waals surface area contributed by atoms with Crippen LogP contribution in [0.4, 0.5) is 0 Å². The van der Waals surface area contributed by atoms with Crippen LogP contribution in [0.5, 0.6) is 0 Å². The van der Waals surface area contributed by atoms with E-state index in [0.717, 1.165) is 17.7 Å². The number of carbonyl (C=O) groups excluding carboxylic acids is 2. The second-order valence-corrected chi connectivity index (χ2v) is 6.82. The van der Waals surface area contributed by atoms with Crippen LogP contribution in [0.1, 0.15) is 29.8 Å². The Morgan fingerprint density at radius 3 is 2.33 bits per heavy atom. The van der Waals surface area contributed by atoms with Gasteiger partial charge < -0.3 is 20.1 Å². The number of aromatic nitrogens is 1. The highest BCUT2D eigenvalue weighted by molar-refractivity contribution is 6.26. The summed E-state index contributed by atoms with van der Waals surface area (Å²) >= 11 is 0. The first-order valence-electron chi connectivity index (χ1n) is 8.72. The summed E-state index contributed by atoms with van der Waals surface area (Å²) < 4.78 is 1.83. The molecule has 0 atom stereocenters. The fraction of sp³-hybridized carbons (Fsp3) is 0.250. The van der Waals surface area contributed by atoms with Crippen molar-refractivity contribution in [3.8, 4) is 11.3 Å². The molecule has 27 heavy (non-hydrogen) atoms. The van der Waals surface area contributed by atoms with Crippen molar-refractivity contribution >= 4 is 17.7 Å². The molecular formula is C20H18N2O5. The van der Waals surface area contributed by atoms with Crippen LogP contribution >= 0.6 is 0 Å². The third-order valence-corrected chi connectivity index (χ3v) is 5.32. The van der Waals surface area contributed by atoms with E-state index in [9.17, 15) is 19.5 Å². The van der Waals surface area contributed by atoms with E-state index in [1.54, 1.807) is 6.07 Å². The van der Waals surface area contributed by atoms with Crippen LogP contribution in [0.3, 0.4) is 0 Å². The highest BCUT2D eigenvalue weighted by Crippen LogP contribution is 2.51. The van der Waals surface area contributed by atoms with Gasteiger partial charge in [-0.1, -0.05) is 30.3 Å². The summed E-state index contributed by atoms with van der Waals surface area (Å²) in [4.78, 5) is 36.1. The predicted octanol–water partition coefficient (Wildman–Crippen LogP) is 2.24. The van der Waals surface area contributed by atoms with E-state index in [1.165, 1.54) is 0 Å². The molecule has 4 rings (SSSR count). The molecule has 0 saturated heterocycles. The molecule has 1 aliphatic carbocycles. The number of nitrogens with one attached hydrogen (secondary N) is 1. The number of Topliss-reactive ketones (excluding diaryl/α,β-unsaturated/α-hetero) is 1. The minimum atomic E-state index is -1.22. The molecular weight excluding hydrogens is 348 g/mol. The van der Waals surface area contributed by atoms with Crippen molar-refractivity contribution in [1.29, 1.82) is 0 Å². The molecule has 1 amide bonds. The summed E-state index contributed by atoms with van der Waals surface area (Å²) in [6.07, 6.45) is 2.06. The monoisotopic (exact) mass is 366 g/mol. The van der Waals surface area contributed by atoms with Crippen molar-refractivity contribution in [3.63, 3.8) is 0 Å². The van der Waals surface area contributed by atoms with E-state index < -0.39 is 29.7 Å². The molecule has 138 valence electrons. The first-order valence-corrected chi connectivity index (χ1v) is 8.72. The van der Waals surface area contributed by atoms with Gasteiger partial charge in [-0.3, -0.25) is 14.4 Å². The molecule has 0 radical (unpaired) electrons. The van der Waals surface area contributed by atoms with Crippen molar-refractivity contribution in [1.82, 2.24) is 9.88 Å². The molecule has 1 aromatic heterocycles. The van der Waals surface area contributed by atoms with Crippen molar-refractivity contribution in [3.05, 3.63) is 59.5 Å². The number of ketones is 1. The number of aliphatic hydroxyl groups excluding tert-OH is 1. The maximum atomic E-state index is 12.9. The number of aliphatic carboxylic acids is 1. The Balaban J connectivity index is 1.84. The average Bonchev–Trinajstić information content (AvgIpc) is 3.05. The number of allylic oxidation sites excluding steroid dienone is 1. The van der Waals surface area contributed by atoms with Gasteiger partial charge in [0.25, 0.3) is 5.91 Å². The summed E-state index contributed by atoms with van der Waals surface area (Å²) in [6.45, 7) is -0.619. The topological polar surface area (TPSA) is 109 Å². The number of hydrogen-bond acceptors (Lipinski definition) is 4. The van der Waals surface area contributed by atoms with Crippen LogP contribution < -0.4 is 5.32 Å². The average molecular weight is 366 g/mol. The summed E-state index contributed by atoms with van der Waals surface area (Å²) in [7, 11) is 0. The highest BCUT2D eigenvalue weighted by Gasteiger charge is 2.52. The van der Waals surface area contributed by atoms with E-state index in [-0.39, 0.29) is 11.3 Å². The van der Waals surface area contributed by atoms with E-state index in [0.29, 0.717) is 18.5 Å². The van der Waals surface area contributed by atoms with Crippen LogP contribution in [0, 0.1) is 0 Å². The van der Waals surface area contributed by atoms with E-state index in [2.05, 4.69) is 5.32 Å². The molecule has 1 fully saturated rings. The Hall–Kier alpha value is -3.35. The number of carboxylic acids is 1. The fourth-order valence-electron chi connectivity index (χ4n) is 3.91. The minimum absolute atomic E-state index is 0.275. The number of rotatable bonds is 4. The van der Waals surface area contributed by atoms with Gasteiger partial charge in [0.2, 0.25) is 5.78 Å². The lowest BCUT2D eigenvalue weighted by molar-refractivity contribution is -0.137. The smallest absolute Gasteiger partial charge is 0.322 e. The van der Waals surface area contributed by atoms with Crippen LogP contribution in [-0.4, -0.2) is 39.0 Å². The normalized spacial score (nSPS) is 17.4. The lowest BCUT2D eigenvalue weighted by Gasteiger charge is -2.47. The lowest BCUT2D eigenvalue weighted by Crippen LogP contribution is -2.50. The molecule has 2 heterocycles. The summed E-state index contributed by atoms with van der Waals surface area (Å²) in [5.41, 5.74) is 0.839. The molecule has 7 heteroatoms. The zero-order chi connectivity index (χ0) is 19.2. The number of hydrogen-bond donors (Lipinski definition) is 3. The molecule has 1 saturated carbocycles. The quantitative estimate of drug-likeness (QED) is 0.719. The standard InChI is InChI=1S/C20H18N2O5/c23-15(24)11-21-19(27)16-17(25)14-8-7-13(12-5-2-1-3-6-12)22(14)20(18(16)26)9-4-10-20/h1-3,5-8,26H,4,9-11H2,(H,21,27)(H,23,24).